The van der Waals surface area contributed by atoms with Crippen molar-refractivity contribution in [2.45, 2.75) is 44.6 Å². The number of benzene rings is 1. The molecule has 1 N–H and O–H groups in total. The summed E-state index contributed by atoms with van der Waals surface area (Å²) in [4.78, 5) is 6.07. The monoisotopic (exact) mass is 307 g/mol. The average molecular weight is 308 g/mol. The number of thiazole rings is 1. The quantitative estimate of drug-likeness (QED) is 0.895. The van der Waals surface area contributed by atoms with Gasteiger partial charge in [0.1, 0.15) is 0 Å². The first-order valence-corrected chi connectivity index (χ1v) is 8.30. The molecule has 0 radical (unpaired) electrons. The van der Waals surface area contributed by atoms with Gasteiger partial charge in [-0.05, 0) is 43.4 Å². The Balaban J connectivity index is 2.00. The third-order valence-electron chi connectivity index (χ3n) is 3.90. The molecule has 1 fully saturated rings. The summed E-state index contributed by atoms with van der Waals surface area (Å²) in [7, 11) is 0. The van der Waals surface area contributed by atoms with Crippen LogP contribution in [0.5, 0.6) is 0 Å². The van der Waals surface area contributed by atoms with E-state index in [1.54, 1.807) is 11.3 Å². The van der Waals surface area contributed by atoms with Crippen molar-refractivity contribution in [2.24, 2.45) is 0 Å². The van der Waals surface area contributed by atoms with Gasteiger partial charge in [-0.25, -0.2) is 4.98 Å². The highest BCUT2D eigenvalue weighted by atomic mass is 35.5. The highest BCUT2D eigenvalue weighted by Crippen LogP contribution is 2.42. The van der Waals surface area contributed by atoms with Gasteiger partial charge in [-0.2, -0.15) is 0 Å². The van der Waals surface area contributed by atoms with Gasteiger partial charge in [-0.15, -0.1) is 11.3 Å². The molecule has 0 bridgehead atoms. The Morgan fingerprint density at radius 2 is 2.05 bits per heavy atom. The van der Waals surface area contributed by atoms with Crippen LogP contribution in [-0.4, -0.2) is 16.2 Å². The van der Waals surface area contributed by atoms with Crippen LogP contribution < -0.4 is 0 Å². The molecule has 0 aliphatic heterocycles. The molecule has 20 heavy (non-hydrogen) atoms. The number of aliphatic hydroxyl groups is 1. The summed E-state index contributed by atoms with van der Waals surface area (Å²) in [5.41, 5.74) is 2.36. The largest absolute Gasteiger partial charge is 0.393 e. The molecular formula is C16H18ClNOS. The molecule has 2 nitrogen and oxygen atoms in total. The second-order valence-corrected chi connectivity index (χ2v) is 6.87. The average Bonchev–Trinajstić information content (AvgIpc) is 3.05. The van der Waals surface area contributed by atoms with E-state index in [0.29, 0.717) is 5.92 Å². The van der Waals surface area contributed by atoms with Crippen LogP contribution in [0.15, 0.2) is 24.3 Å². The summed E-state index contributed by atoms with van der Waals surface area (Å²) in [6, 6.07) is 7.97. The molecule has 0 spiro atoms. The van der Waals surface area contributed by atoms with Crippen LogP contribution in [0.25, 0.3) is 10.4 Å². The molecular weight excluding hydrogens is 290 g/mol. The maximum absolute atomic E-state index is 9.78. The van der Waals surface area contributed by atoms with E-state index in [0.717, 1.165) is 30.7 Å². The van der Waals surface area contributed by atoms with Crippen molar-refractivity contribution in [3.05, 3.63) is 40.0 Å². The van der Waals surface area contributed by atoms with E-state index in [1.807, 2.05) is 12.1 Å². The summed E-state index contributed by atoms with van der Waals surface area (Å²) < 4.78 is 0. The van der Waals surface area contributed by atoms with Gasteiger partial charge in [0.2, 0.25) is 0 Å². The molecule has 2 atom stereocenters. The number of hydrogen-bond donors (Lipinski definition) is 1. The minimum absolute atomic E-state index is 0.162. The van der Waals surface area contributed by atoms with Crippen LogP contribution >= 0.6 is 22.9 Å². The first kappa shape index (κ1) is 14.1. The molecule has 3 rings (SSSR count). The van der Waals surface area contributed by atoms with Gasteiger partial charge in [0, 0.05) is 10.9 Å². The Labute approximate surface area is 128 Å². The third kappa shape index (κ3) is 2.76. The van der Waals surface area contributed by atoms with Gasteiger partial charge in [0.25, 0.3) is 0 Å². The van der Waals surface area contributed by atoms with E-state index >= 15 is 0 Å². The number of halogens is 1. The standard InChI is InChI=1S/C16H18ClNOS/c1-2-14-18-15(11-5-8-13(19)9-11)16(20-14)10-3-6-12(17)7-4-10/h3-4,6-7,11,13,19H,2,5,8-9H2,1H3. The summed E-state index contributed by atoms with van der Waals surface area (Å²) in [6.07, 6.45) is 3.57. The smallest absolute Gasteiger partial charge is 0.0932 e. The van der Waals surface area contributed by atoms with E-state index in [9.17, 15) is 5.11 Å². The zero-order valence-corrected chi connectivity index (χ0v) is 13.0. The zero-order chi connectivity index (χ0) is 14.1. The molecule has 2 aromatic rings. The van der Waals surface area contributed by atoms with Gasteiger partial charge in [-0.3, -0.25) is 0 Å². The molecule has 0 amide bonds. The van der Waals surface area contributed by atoms with Crippen molar-refractivity contribution in [1.82, 2.24) is 4.98 Å². The molecule has 1 aliphatic carbocycles. The van der Waals surface area contributed by atoms with E-state index in [1.165, 1.54) is 21.1 Å². The van der Waals surface area contributed by atoms with Crippen LogP contribution in [0, 0.1) is 0 Å². The SMILES string of the molecule is CCc1nc(C2CCC(O)C2)c(-c2ccc(Cl)cc2)s1. The van der Waals surface area contributed by atoms with E-state index in [-0.39, 0.29) is 6.10 Å². The Morgan fingerprint density at radius 1 is 1.30 bits per heavy atom. The maximum atomic E-state index is 9.78. The third-order valence-corrected chi connectivity index (χ3v) is 5.41. The molecule has 1 aromatic heterocycles. The summed E-state index contributed by atoms with van der Waals surface area (Å²) in [5.74, 6) is 0.396. The van der Waals surface area contributed by atoms with Crippen LogP contribution in [-0.2, 0) is 6.42 Å². The number of aryl methyl sites for hydroxylation is 1. The molecule has 0 saturated heterocycles. The molecule has 4 heteroatoms. The van der Waals surface area contributed by atoms with Crippen LogP contribution in [0.2, 0.25) is 5.02 Å². The Hall–Kier alpha value is -0.900. The maximum Gasteiger partial charge on any atom is 0.0932 e. The van der Waals surface area contributed by atoms with Gasteiger partial charge in [-0.1, -0.05) is 30.7 Å². The lowest BCUT2D eigenvalue weighted by Gasteiger charge is -2.09. The summed E-state index contributed by atoms with van der Waals surface area (Å²) in [6.45, 7) is 2.14. The van der Waals surface area contributed by atoms with Gasteiger partial charge in [0.15, 0.2) is 0 Å². The predicted molar refractivity (Wildman–Crippen MR) is 84.5 cm³/mol. The second-order valence-electron chi connectivity index (χ2n) is 5.35. The molecule has 1 heterocycles. The molecule has 1 aliphatic rings. The van der Waals surface area contributed by atoms with E-state index in [4.69, 9.17) is 16.6 Å². The highest BCUT2D eigenvalue weighted by molar-refractivity contribution is 7.15. The van der Waals surface area contributed by atoms with Crippen LogP contribution in [0.3, 0.4) is 0 Å². The van der Waals surface area contributed by atoms with Gasteiger partial charge < -0.3 is 5.11 Å². The number of aliphatic hydroxyl groups excluding tert-OH is 1. The second kappa shape index (κ2) is 5.84. The topological polar surface area (TPSA) is 33.1 Å². The fourth-order valence-corrected chi connectivity index (χ4v) is 4.04. The Bertz CT molecular complexity index is 593. The zero-order valence-electron chi connectivity index (χ0n) is 11.5. The number of nitrogens with zero attached hydrogens (tertiary/aromatic N) is 1. The van der Waals surface area contributed by atoms with Crippen LogP contribution in [0.1, 0.15) is 42.8 Å². The summed E-state index contributed by atoms with van der Waals surface area (Å²) >= 11 is 7.74. The molecule has 2 unspecified atom stereocenters. The lowest BCUT2D eigenvalue weighted by atomic mass is 10.00. The first-order chi connectivity index (χ1) is 9.67. The molecule has 1 saturated carbocycles. The minimum Gasteiger partial charge on any atom is -0.393 e. The summed E-state index contributed by atoms with van der Waals surface area (Å²) in [5, 5.41) is 11.7. The van der Waals surface area contributed by atoms with Gasteiger partial charge >= 0.3 is 0 Å². The lowest BCUT2D eigenvalue weighted by molar-refractivity contribution is 0.181. The van der Waals surface area contributed by atoms with Crippen molar-refractivity contribution < 1.29 is 5.11 Å². The minimum atomic E-state index is -0.162. The fourth-order valence-electron chi connectivity index (χ4n) is 2.82. The molecule has 1 aromatic carbocycles. The van der Waals surface area contributed by atoms with Crippen molar-refractivity contribution in [2.75, 3.05) is 0 Å². The Kier molecular flexibility index (Phi) is 4.11. The predicted octanol–water partition coefficient (Wildman–Crippen LogP) is 4.65. The van der Waals surface area contributed by atoms with Crippen molar-refractivity contribution in [3.8, 4) is 10.4 Å². The van der Waals surface area contributed by atoms with E-state index in [2.05, 4.69) is 19.1 Å². The van der Waals surface area contributed by atoms with Gasteiger partial charge in [0.05, 0.1) is 21.7 Å². The van der Waals surface area contributed by atoms with Crippen molar-refractivity contribution in [3.63, 3.8) is 0 Å². The fraction of sp³-hybridized carbons (Fsp3) is 0.438. The van der Waals surface area contributed by atoms with Crippen molar-refractivity contribution in [1.29, 1.82) is 0 Å². The van der Waals surface area contributed by atoms with Crippen LogP contribution in [0.4, 0.5) is 0 Å². The Morgan fingerprint density at radius 3 is 2.65 bits per heavy atom. The number of aromatic nitrogens is 1. The van der Waals surface area contributed by atoms with E-state index < -0.39 is 0 Å². The normalized spacial score (nSPS) is 22.4. The lowest BCUT2D eigenvalue weighted by Crippen LogP contribution is -2.01. The van der Waals surface area contributed by atoms with Crippen molar-refractivity contribution >= 4 is 22.9 Å². The number of hydrogen-bond acceptors (Lipinski definition) is 3. The molecule has 106 valence electrons. The number of rotatable bonds is 3. The highest BCUT2D eigenvalue weighted by Gasteiger charge is 2.29. The first-order valence-electron chi connectivity index (χ1n) is 7.11.